The molecule has 0 bridgehead atoms. The third kappa shape index (κ3) is 4.05. The largest absolute Gasteiger partial charge is 0.494 e. The van der Waals surface area contributed by atoms with E-state index in [0.29, 0.717) is 23.5 Å². The van der Waals surface area contributed by atoms with Gasteiger partial charge in [0.15, 0.2) is 11.5 Å². The first kappa shape index (κ1) is 21.8. The monoisotopic (exact) mass is 437 g/mol. The van der Waals surface area contributed by atoms with Gasteiger partial charge in [0.05, 0.1) is 11.6 Å². The van der Waals surface area contributed by atoms with Crippen LogP contribution in [-0.2, 0) is 10.3 Å². The summed E-state index contributed by atoms with van der Waals surface area (Å²) in [5.41, 5.74) is 5.33. The average Bonchev–Trinajstić information content (AvgIpc) is 2.94. The maximum atomic E-state index is 13.3. The van der Waals surface area contributed by atoms with Gasteiger partial charge in [-0.25, -0.2) is 4.99 Å². The number of benzene rings is 2. The zero-order valence-electron chi connectivity index (χ0n) is 16.6. The number of ether oxygens (including phenoxy) is 2. The van der Waals surface area contributed by atoms with Gasteiger partial charge in [-0.3, -0.25) is 9.69 Å². The van der Waals surface area contributed by atoms with Crippen molar-refractivity contribution in [3.05, 3.63) is 58.6 Å². The molecule has 0 aromatic heterocycles. The molecule has 6 nitrogen and oxygen atoms in total. The van der Waals surface area contributed by atoms with Crippen LogP contribution in [-0.4, -0.2) is 37.0 Å². The standard InChI is InChI=1S/C21H22ClF2N3O3/c1-3-4-10-29-15-7-5-6-13(11-15)21(18(28)27(2)20(25)26-21)14-8-9-17(16(22)12-14)30-19(23)24/h5-9,11-12,19H,3-4,10H2,1-2H3,(H2,25,26). The molecule has 0 saturated heterocycles. The summed E-state index contributed by atoms with van der Waals surface area (Å²) >= 11 is 6.15. The summed E-state index contributed by atoms with van der Waals surface area (Å²) in [4.78, 5) is 19.0. The number of carbonyl (C=O) groups is 1. The lowest BCUT2D eigenvalue weighted by molar-refractivity contribution is -0.129. The van der Waals surface area contributed by atoms with E-state index in [1.807, 2.05) is 0 Å². The average molecular weight is 438 g/mol. The summed E-state index contributed by atoms with van der Waals surface area (Å²) in [7, 11) is 1.51. The number of likely N-dealkylation sites (N-methyl/N-ethyl adjacent to an activating group) is 1. The Morgan fingerprint density at radius 1 is 1.23 bits per heavy atom. The SMILES string of the molecule is CCCCOc1cccc(C2(c3ccc(OC(F)F)c(Cl)c3)N=C(N)N(C)C2=O)c1. The van der Waals surface area contributed by atoms with Crippen molar-refractivity contribution >= 4 is 23.5 Å². The van der Waals surface area contributed by atoms with Crippen LogP contribution < -0.4 is 15.2 Å². The highest BCUT2D eigenvalue weighted by molar-refractivity contribution is 6.32. The van der Waals surface area contributed by atoms with E-state index in [9.17, 15) is 13.6 Å². The second kappa shape index (κ2) is 8.87. The highest BCUT2D eigenvalue weighted by Gasteiger charge is 2.49. The van der Waals surface area contributed by atoms with E-state index >= 15 is 0 Å². The summed E-state index contributed by atoms with van der Waals surface area (Å²) in [5, 5.41) is -0.0707. The molecule has 30 heavy (non-hydrogen) atoms. The fourth-order valence-corrected chi connectivity index (χ4v) is 3.47. The van der Waals surface area contributed by atoms with Crippen molar-refractivity contribution in [1.29, 1.82) is 0 Å². The molecule has 9 heteroatoms. The molecule has 160 valence electrons. The van der Waals surface area contributed by atoms with Crippen molar-refractivity contribution < 1.29 is 23.0 Å². The number of nitrogens with two attached hydrogens (primary N) is 1. The lowest BCUT2D eigenvalue weighted by Crippen LogP contribution is -2.41. The molecule has 1 aliphatic rings. The van der Waals surface area contributed by atoms with E-state index in [4.69, 9.17) is 22.1 Å². The van der Waals surface area contributed by atoms with Gasteiger partial charge in [0.25, 0.3) is 5.91 Å². The van der Waals surface area contributed by atoms with Gasteiger partial charge in [0.1, 0.15) is 11.5 Å². The van der Waals surface area contributed by atoms with Crippen molar-refractivity contribution in [2.24, 2.45) is 10.7 Å². The summed E-state index contributed by atoms with van der Waals surface area (Å²) in [6.07, 6.45) is 1.88. The van der Waals surface area contributed by atoms with Crippen LogP contribution >= 0.6 is 11.6 Å². The van der Waals surface area contributed by atoms with Crippen LogP contribution in [0.3, 0.4) is 0 Å². The normalized spacial score (nSPS) is 18.7. The van der Waals surface area contributed by atoms with E-state index in [1.54, 1.807) is 24.3 Å². The first-order valence-electron chi connectivity index (χ1n) is 9.41. The van der Waals surface area contributed by atoms with Gasteiger partial charge in [-0.15, -0.1) is 0 Å². The molecule has 0 saturated carbocycles. The van der Waals surface area contributed by atoms with Gasteiger partial charge >= 0.3 is 6.61 Å². The second-order valence-corrected chi connectivity index (χ2v) is 7.21. The summed E-state index contributed by atoms with van der Waals surface area (Å²) in [5.74, 6) is 0.0174. The number of alkyl halides is 2. The molecule has 0 fully saturated rings. The molecular weight excluding hydrogens is 416 g/mol. The third-order valence-electron chi connectivity index (χ3n) is 4.82. The van der Waals surface area contributed by atoms with Crippen LogP contribution in [0.5, 0.6) is 11.5 Å². The summed E-state index contributed by atoms with van der Waals surface area (Å²) in [6.45, 7) is -0.422. The zero-order chi connectivity index (χ0) is 21.9. The van der Waals surface area contributed by atoms with E-state index in [1.165, 1.54) is 30.1 Å². The molecule has 3 rings (SSSR count). The quantitative estimate of drug-likeness (QED) is 0.629. The van der Waals surface area contributed by atoms with Crippen molar-refractivity contribution in [3.63, 3.8) is 0 Å². The highest BCUT2D eigenvalue weighted by atomic mass is 35.5. The number of guanidine groups is 1. The molecule has 0 radical (unpaired) electrons. The molecular formula is C21H22ClF2N3O3. The minimum absolute atomic E-state index is 0.0290. The van der Waals surface area contributed by atoms with Gasteiger partial charge in [-0.05, 0) is 41.8 Å². The molecule has 0 spiro atoms. The zero-order valence-corrected chi connectivity index (χ0v) is 17.3. The Morgan fingerprint density at radius 3 is 2.57 bits per heavy atom. The van der Waals surface area contributed by atoms with E-state index in [2.05, 4.69) is 16.7 Å². The summed E-state index contributed by atoms with van der Waals surface area (Å²) < 4.78 is 35.3. The molecule has 2 aromatic carbocycles. The molecule has 0 aliphatic carbocycles. The molecule has 1 amide bonds. The Balaban J connectivity index is 2.10. The van der Waals surface area contributed by atoms with Crippen LogP contribution in [0.25, 0.3) is 0 Å². The maximum absolute atomic E-state index is 13.3. The number of hydrogen-bond donors (Lipinski definition) is 1. The molecule has 1 aliphatic heterocycles. The third-order valence-corrected chi connectivity index (χ3v) is 5.12. The van der Waals surface area contributed by atoms with E-state index in [0.717, 1.165) is 12.8 Å². The lowest BCUT2D eigenvalue weighted by atomic mass is 9.82. The number of nitrogens with zero attached hydrogens (tertiary/aromatic N) is 2. The topological polar surface area (TPSA) is 77.2 Å². The highest BCUT2D eigenvalue weighted by Crippen LogP contribution is 2.42. The van der Waals surface area contributed by atoms with Crippen molar-refractivity contribution in [1.82, 2.24) is 4.90 Å². The predicted octanol–water partition coefficient (Wildman–Crippen LogP) is 4.15. The Bertz CT molecular complexity index is 970. The lowest BCUT2D eigenvalue weighted by Gasteiger charge is -2.27. The van der Waals surface area contributed by atoms with Crippen LogP contribution in [0.15, 0.2) is 47.5 Å². The van der Waals surface area contributed by atoms with Gasteiger partial charge in [-0.1, -0.05) is 43.1 Å². The molecule has 1 atom stereocenters. The van der Waals surface area contributed by atoms with Crippen LogP contribution in [0.4, 0.5) is 8.78 Å². The number of carbonyl (C=O) groups excluding carboxylic acids is 1. The van der Waals surface area contributed by atoms with Crippen molar-refractivity contribution in [2.75, 3.05) is 13.7 Å². The fraction of sp³-hybridized carbons (Fsp3) is 0.333. The van der Waals surface area contributed by atoms with Gasteiger partial charge in [-0.2, -0.15) is 8.78 Å². The van der Waals surface area contributed by atoms with E-state index < -0.39 is 18.1 Å². The van der Waals surface area contributed by atoms with Crippen molar-refractivity contribution in [3.8, 4) is 11.5 Å². The Hall–Kier alpha value is -2.87. The summed E-state index contributed by atoms with van der Waals surface area (Å²) in [6, 6.07) is 11.1. The molecule has 1 heterocycles. The Morgan fingerprint density at radius 2 is 1.97 bits per heavy atom. The minimum Gasteiger partial charge on any atom is -0.494 e. The first-order valence-corrected chi connectivity index (χ1v) is 9.79. The van der Waals surface area contributed by atoms with Crippen LogP contribution in [0.2, 0.25) is 5.02 Å². The van der Waals surface area contributed by atoms with Crippen LogP contribution in [0.1, 0.15) is 30.9 Å². The van der Waals surface area contributed by atoms with Gasteiger partial charge < -0.3 is 15.2 Å². The fourth-order valence-electron chi connectivity index (χ4n) is 3.25. The molecule has 1 unspecified atom stereocenters. The van der Waals surface area contributed by atoms with E-state index in [-0.39, 0.29) is 16.7 Å². The van der Waals surface area contributed by atoms with Gasteiger partial charge in [0, 0.05) is 7.05 Å². The predicted molar refractivity (Wildman–Crippen MR) is 110 cm³/mol. The number of amides is 1. The minimum atomic E-state index is -3.02. The van der Waals surface area contributed by atoms with Gasteiger partial charge in [0.2, 0.25) is 0 Å². The second-order valence-electron chi connectivity index (χ2n) is 6.80. The number of unbranched alkanes of at least 4 members (excludes halogenated alkanes) is 1. The smallest absolute Gasteiger partial charge is 0.387 e. The van der Waals surface area contributed by atoms with Crippen LogP contribution in [0, 0.1) is 0 Å². The first-order chi connectivity index (χ1) is 14.3. The maximum Gasteiger partial charge on any atom is 0.387 e. The Kier molecular flexibility index (Phi) is 6.45. The molecule has 2 aromatic rings. The number of rotatable bonds is 8. The van der Waals surface area contributed by atoms with Crippen molar-refractivity contribution in [2.45, 2.75) is 31.9 Å². The number of halogens is 3. The number of hydrogen-bond acceptors (Lipinski definition) is 5. The molecule has 2 N–H and O–H groups in total. The Labute approximate surface area is 178 Å². The number of aliphatic imine (C=N–C) groups is 1.